The Hall–Kier alpha value is -0.840. The smallest absolute Gasteiger partial charge is 0.148 e. The largest absolute Gasteiger partial charge is 0.369 e. The standard InChI is InChI=1S/C15H25BrN4/c1-4-17-14-13(16)15(19-10-18-14)20-8-5-6-12(7-9-20)11(2)3/h10-12H,4-9H2,1-3H3,(H,17,18,19). The lowest BCUT2D eigenvalue weighted by molar-refractivity contribution is 0.351. The van der Waals surface area contributed by atoms with Gasteiger partial charge in [0.2, 0.25) is 0 Å². The Bertz CT molecular complexity index is 436. The first-order chi connectivity index (χ1) is 9.63. The Morgan fingerprint density at radius 3 is 2.85 bits per heavy atom. The van der Waals surface area contributed by atoms with Crippen molar-refractivity contribution in [3.05, 3.63) is 10.8 Å². The topological polar surface area (TPSA) is 41.1 Å². The molecule has 112 valence electrons. The fourth-order valence-corrected chi connectivity index (χ4v) is 3.47. The highest BCUT2D eigenvalue weighted by atomic mass is 79.9. The van der Waals surface area contributed by atoms with E-state index in [1.165, 1.54) is 19.3 Å². The molecule has 5 heteroatoms. The lowest BCUT2D eigenvalue weighted by atomic mass is 9.89. The molecule has 0 aliphatic carbocycles. The van der Waals surface area contributed by atoms with Crippen molar-refractivity contribution in [3.8, 4) is 0 Å². The Balaban J connectivity index is 2.13. The van der Waals surface area contributed by atoms with Gasteiger partial charge in [-0.1, -0.05) is 13.8 Å². The van der Waals surface area contributed by atoms with Crippen LogP contribution in [0.3, 0.4) is 0 Å². The summed E-state index contributed by atoms with van der Waals surface area (Å²) in [6.07, 6.45) is 5.49. The summed E-state index contributed by atoms with van der Waals surface area (Å²) in [5.41, 5.74) is 0. The second-order valence-electron chi connectivity index (χ2n) is 5.81. The van der Waals surface area contributed by atoms with Crippen molar-refractivity contribution in [2.45, 2.75) is 40.0 Å². The van der Waals surface area contributed by atoms with Crippen molar-refractivity contribution in [2.24, 2.45) is 11.8 Å². The molecule has 1 fully saturated rings. The van der Waals surface area contributed by atoms with Gasteiger partial charge in [0, 0.05) is 19.6 Å². The van der Waals surface area contributed by atoms with E-state index in [0.717, 1.165) is 47.6 Å². The normalized spacial score (nSPS) is 20.1. The molecule has 1 aromatic rings. The van der Waals surface area contributed by atoms with E-state index in [1.807, 2.05) is 0 Å². The van der Waals surface area contributed by atoms with Crippen LogP contribution in [0.4, 0.5) is 11.6 Å². The molecule has 0 radical (unpaired) electrons. The molecule has 1 aromatic heterocycles. The number of anilines is 2. The number of halogens is 1. The van der Waals surface area contributed by atoms with Gasteiger partial charge in [-0.15, -0.1) is 0 Å². The van der Waals surface area contributed by atoms with Crippen LogP contribution in [-0.2, 0) is 0 Å². The van der Waals surface area contributed by atoms with E-state index in [-0.39, 0.29) is 0 Å². The number of hydrogen-bond acceptors (Lipinski definition) is 4. The molecule has 1 atom stereocenters. The average Bonchev–Trinajstić information content (AvgIpc) is 2.67. The summed E-state index contributed by atoms with van der Waals surface area (Å²) >= 11 is 3.66. The molecule has 0 spiro atoms. The van der Waals surface area contributed by atoms with Gasteiger partial charge in [0.15, 0.2) is 0 Å². The molecule has 1 unspecified atom stereocenters. The minimum atomic E-state index is 0.779. The zero-order chi connectivity index (χ0) is 14.5. The lowest BCUT2D eigenvalue weighted by Gasteiger charge is -2.24. The van der Waals surface area contributed by atoms with E-state index in [2.05, 4.69) is 56.9 Å². The zero-order valence-electron chi connectivity index (χ0n) is 12.7. The summed E-state index contributed by atoms with van der Waals surface area (Å²) in [7, 11) is 0. The van der Waals surface area contributed by atoms with Gasteiger partial charge in [0.1, 0.15) is 22.4 Å². The highest BCUT2D eigenvalue weighted by Gasteiger charge is 2.22. The molecule has 20 heavy (non-hydrogen) atoms. The maximum Gasteiger partial charge on any atom is 0.148 e. The van der Waals surface area contributed by atoms with Crippen LogP contribution in [0.15, 0.2) is 10.8 Å². The van der Waals surface area contributed by atoms with Gasteiger partial charge in [-0.2, -0.15) is 0 Å². The van der Waals surface area contributed by atoms with Gasteiger partial charge >= 0.3 is 0 Å². The second-order valence-corrected chi connectivity index (χ2v) is 6.61. The summed E-state index contributed by atoms with van der Waals surface area (Å²) in [5, 5.41) is 3.27. The lowest BCUT2D eigenvalue weighted by Crippen LogP contribution is -2.26. The van der Waals surface area contributed by atoms with Crippen LogP contribution >= 0.6 is 15.9 Å². The Morgan fingerprint density at radius 2 is 2.15 bits per heavy atom. The fourth-order valence-electron chi connectivity index (χ4n) is 2.87. The van der Waals surface area contributed by atoms with Crippen LogP contribution in [0.25, 0.3) is 0 Å². The van der Waals surface area contributed by atoms with Crippen LogP contribution in [0.2, 0.25) is 0 Å². The molecule has 1 saturated heterocycles. The zero-order valence-corrected chi connectivity index (χ0v) is 14.3. The van der Waals surface area contributed by atoms with Crippen molar-refractivity contribution in [3.63, 3.8) is 0 Å². The summed E-state index contributed by atoms with van der Waals surface area (Å²) in [6.45, 7) is 9.79. The first-order valence-corrected chi connectivity index (χ1v) is 8.42. The number of hydrogen-bond donors (Lipinski definition) is 1. The van der Waals surface area contributed by atoms with Crippen molar-refractivity contribution in [2.75, 3.05) is 29.9 Å². The van der Waals surface area contributed by atoms with E-state index in [0.29, 0.717) is 0 Å². The Kier molecular flexibility index (Phi) is 5.64. The summed E-state index contributed by atoms with van der Waals surface area (Å²) < 4.78 is 0.991. The Labute approximate surface area is 130 Å². The van der Waals surface area contributed by atoms with E-state index in [9.17, 15) is 0 Å². The van der Waals surface area contributed by atoms with Crippen molar-refractivity contribution < 1.29 is 0 Å². The molecule has 0 amide bonds. The maximum absolute atomic E-state index is 4.48. The van der Waals surface area contributed by atoms with Crippen molar-refractivity contribution >= 4 is 27.6 Å². The van der Waals surface area contributed by atoms with Gasteiger partial charge < -0.3 is 10.2 Å². The molecule has 1 N–H and O–H groups in total. The molecule has 0 saturated carbocycles. The van der Waals surface area contributed by atoms with E-state index >= 15 is 0 Å². The van der Waals surface area contributed by atoms with Crippen molar-refractivity contribution in [1.82, 2.24) is 9.97 Å². The maximum atomic E-state index is 4.48. The fraction of sp³-hybridized carbons (Fsp3) is 0.733. The van der Waals surface area contributed by atoms with Gasteiger partial charge in [-0.3, -0.25) is 0 Å². The molecule has 2 rings (SSSR count). The van der Waals surface area contributed by atoms with Crippen LogP contribution in [0, 0.1) is 11.8 Å². The second kappa shape index (κ2) is 7.25. The number of rotatable bonds is 4. The highest BCUT2D eigenvalue weighted by molar-refractivity contribution is 9.10. The molecule has 0 bridgehead atoms. The van der Waals surface area contributed by atoms with Crippen LogP contribution in [-0.4, -0.2) is 29.6 Å². The van der Waals surface area contributed by atoms with Gasteiger partial charge in [0.25, 0.3) is 0 Å². The molecule has 2 heterocycles. The third kappa shape index (κ3) is 3.62. The highest BCUT2D eigenvalue weighted by Crippen LogP contribution is 2.32. The molecule has 0 aromatic carbocycles. The third-order valence-corrected chi connectivity index (χ3v) is 4.86. The molecule has 1 aliphatic rings. The van der Waals surface area contributed by atoms with Gasteiger partial charge in [-0.25, -0.2) is 9.97 Å². The van der Waals surface area contributed by atoms with Crippen LogP contribution in [0.1, 0.15) is 40.0 Å². The first-order valence-electron chi connectivity index (χ1n) is 7.62. The summed E-state index contributed by atoms with van der Waals surface area (Å²) in [5.74, 6) is 3.54. The van der Waals surface area contributed by atoms with Crippen molar-refractivity contribution in [1.29, 1.82) is 0 Å². The SMILES string of the molecule is CCNc1ncnc(N2CCCC(C(C)C)CC2)c1Br. The quantitative estimate of drug-likeness (QED) is 0.901. The van der Waals surface area contributed by atoms with Crippen LogP contribution < -0.4 is 10.2 Å². The van der Waals surface area contributed by atoms with Gasteiger partial charge in [-0.05, 0) is 54.0 Å². The number of nitrogens with one attached hydrogen (secondary N) is 1. The molecular formula is C15H25BrN4. The first kappa shape index (κ1) is 15.5. The van der Waals surface area contributed by atoms with E-state index in [4.69, 9.17) is 0 Å². The minimum absolute atomic E-state index is 0.779. The molecule has 1 aliphatic heterocycles. The van der Waals surface area contributed by atoms with E-state index in [1.54, 1.807) is 6.33 Å². The minimum Gasteiger partial charge on any atom is -0.369 e. The van der Waals surface area contributed by atoms with Gasteiger partial charge in [0.05, 0.1) is 0 Å². The summed E-state index contributed by atoms with van der Waals surface area (Å²) in [6, 6.07) is 0. The summed E-state index contributed by atoms with van der Waals surface area (Å²) in [4.78, 5) is 11.2. The Morgan fingerprint density at radius 1 is 1.35 bits per heavy atom. The average molecular weight is 341 g/mol. The third-order valence-electron chi connectivity index (χ3n) is 4.13. The van der Waals surface area contributed by atoms with E-state index < -0.39 is 0 Å². The molecule has 4 nitrogen and oxygen atoms in total. The van der Waals surface area contributed by atoms with Crippen LogP contribution in [0.5, 0.6) is 0 Å². The molecular weight excluding hydrogens is 316 g/mol. The predicted octanol–water partition coefficient (Wildman–Crippen LogP) is 3.93. The number of nitrogens with zero attached hydrogens (tertiary/aromatic N) is 3. The predicted molar refractivity (Wildman–Crippen MR) is 88.3 cm³/mol. The monoisotopic (exact) mass is 340 g/mol. The number of aromatic nitrogens is 2.